The molecule has 0 amide bonds. The van der Waals surface area contributed by atoms with E-state index in [0.29, 0.717) is 0 Å². The first-order chi connectivity index (χ1) is 13.9. The second kappa shape index (κ2) is 10.9. The van der Waals surface area contributed by atoms with Crippen LogP contribution in [0, 0.1) is 0 Å². The summed E-state index contributed by atoms with van der Waals surface area (Å²) in [5.41, 5.74) is 0.384. The Bertz CT molecular complexity index is 676. The van der Waals surface area contributed by atoms with E-state index in [2.05, 4.69) is 0 Å². The second-order valence-corrected chi connectivity index (χ2v) is 6.81. The Morgan fingerprint density at radius 1 is 0.600 bits per heavy atom. The van der Waals surface area contributed by atoms with E-state index in [1.807, 2.05) is 0 Å². The summed E-state index contributed by atoms with van der Waals surface area (Å²) < 4.78 is 20.6. The van der Waals surface area contributed by atoms with E-state index in [1.165, 1.54) is 26.0 Å². The Labute approximate surface area is 174 Å². The number of allylic oxidation sites excluding steroid dienone is 2. The molecule has 1 rings (SSSR count). The number of aliphatic hydroxyl groups is 2. The Balaban J connectivity index is 3.40. The number of hydrogen-bond acceptors (Lipinski definition) is 10. The number of rotatable bonds is 6. The normalized spacial score (nSPS) is 29.6. The highest BCUT2D eigenvalue weighted by Crippen LogP contribution is 2.31. The van der Waals surface area contributed by atoms with Gasteiger partial charge in [0, 0.05) is 25.0 Å². The zero-order chi connectivity index (χ0) is 23.2. The van der Waals surface area contributed by atoms with Gasteiger partial charge < -0.3 is 29.2 Å². The van der Waals surface area contributed by atoms with E-state index in [-0.39, 0.29) is 11.1 Å². The molecule has 0 bridgehead atoms. The number of carbonyl (C=O) groups excluding carboxylic acids is 4. The van der Waals surface area contributed by atoms with Crippen molar-refractivity contribution in [2.24, 2.45) is 0 Å². The summed E-state index contributed by atoms with van der Waals surface area (Å²) >= 11 is 0. The number of esters is 4. The third kappa shape index (κ3) is 6.14. The van der Waals surface area contributed by atoms with Gasteiger partial charge in [0.15, 0.2) is 24.4 Å². The first-order valence-corrected chi connectivity index (χ1v) is 9.32. The van der Waals surface area contributed by atoms with Crippen LogP contribution in [0.25, 0.3) is 0 Å². The predicted octanol–water partition coefficient (Wildman–Crippen LogP) is 0.341. The molecule has 1 aliphatic rings. The maximum Gasteiger partial charge on any atom is 0.333 e. The van der Waals surface area contributed by atoms with Crippen LogP contribution in [0.4, 0.5) is 0 Å². The van der Waals surface area contributed by atoms with E-state index in [4.69, 9.17) is 18.9 Å². The minimum absolute atomic E-state index is 0.192. The molecular weight excluding hydrogens is 400 g/mol. The van der Waals surface area contributed by atoms with Gasteiger partial charge in [-0.05, 0) is 27.7 Å². The van der Waals surface area contributed by atoms with Crippen molar-refractivity contribution in [2.45, 2.75) is 78.2 Å². The average Bonchev–Trinajstić information content (AvgIpc) is 2.68. The van der Waals surface area contributed by atoms with Crippen molar-refractivity contribution in [1.29, 1.82) is 0 Å². The first kappa shape index (κ1) is 25.3. The highest BCUT2D eigenvalue weighted by Gasteiger charge is 2.57. The Morgan fingerprint density at radius 3 is 1.10 bits per heavy atom. The molecule has 10 heteroatoms. The van der Waals surface area contributed by atoms with Crippen molar-refractivity contribution in [3.8, 4) is 0 Å². The molecule has 0 saturated heterocycles. The number of hydrogen-bond donors (Lipinski definition) is 2. The zero-order valence-electron chi connectivity index (χ0n) is 17.8. The first-order valence-electron chi connectivity index (χ1n) is 9.32. The lowest BCUT2D eigenvalue weighted by Gasteiger charge is -2.45. The molecule has 168 valence electrons. The largest absolute Gasteiger partial charge is 0.456 e. The van der Waals surface area contributed by atoms with Crippen molar-refractivity contribution in [3.05, 3.63) is 23.3 Å². The molecule has 0 aromatic rings. The molecule has 0 aromatic carbocycles. The maximum absolute atomic E-state index is 12.3. The van der Waals surface area contributed by atoms with Crippen molar-refractivity contribution in [2.75, 3.05) is 0 Å². The van der Waals surface area contributed by atoms with E-state index in [1.54, 1.807) is 13.8 Å². The van der Waals surface area contributed by atoms with Crippen LogP contribution < -0.4 is 0 Å². The van der Waals surface area contributed by atoms with Crippen molar-refractivity contribution in [1.82, 2.24) is 0 Å². The molecule has 0 radical (unpaired) electrons. The molecule has 0 aromatic heterocycles. The van der Waals surface area contributed by atoms with E-state index >= 15 is 0 Å². The summed E-state index contributed by atoms with van der Waals surface area (Å²) in [4.78, 5) is 47.6. The maximum atomic E-state index is 12.3. The highest BCUT2D eigenvalue weighted by atomic mass is 16.6. The van der Waals surface area contributed by atoms with Crippen LogP contribution >= 0.6 is 0 Å². The van der Waals surface area contributed by atoms with Gasteiger partial charge in [-0.3, -0.25) is 9.59 Å². The average molecular weight is 428 g/mol. The van der Waals surface area contributed by atoms with Crippen LogP contribution in [0.15, 0.2) is 23.3 Å². The van der Waals surface area contributed by atoms with Crippen LogP contribution in [0.2, 0.25) is 0 Å². The third-order valence-corrected chi connectivity index (χ3v) is 4.59. The fraction of sp³-hybridized carbons (Fsp3) is 0.600. The number of carbonyl (C=O) groups is 4. The second-order valence-electron chi connectivity index (χ2n) is 6.81. The molecule has 0 aliphatic heterocycles. The molecule has 6 unspecified atom stereocenters. The summed E-state index contributed by atoms with van der Waals surface area (Å²) in [6.45, 7) is 8.21. The molecule has 6 atom stereocenters. The van der Waals surface area contributed by atoms with E-state index < -0.39 is 60.5 Å². The topological polar surface area (TPSA) is 146 Å². The molecule has 0 spiro atoms. The monoisotopic (exact) mass is 428 g/mol. The van der Waals surface area contributed by atoms with E-state index in [0.717, 1.165) is 13.8 Å². The van der Waals surface area contributed by atoms with Gasteiger partial charge in [-0.2, -0.15) is 0 Å². The molecular formula is C20H28O10. The molecule has 1 saturated carbocycles. The predicted molar refractivity (Wildman–Crippen MR) is 102 cm³/mol. The molecule has 10 nitrogen and oxygen atoms in total. The van der Waals surface area contributed by atoms with Gasteiger partial charge >= 0.3 is 23.9 Å². The summed E-state index contributed by atoms with van der Waals surface area (Å²) in [6.07, 6.45) is -6.95. The van der Waals surface area contributed by atoms with Crippen LogP contribution in [0.5, 0.6) is 0 Å². The molecule has 0 heterocycles. The standard InChI is InChI=1S/C20H28O10/c1-7-9(3)19(25)29-17-13(23)15(27-11(5)21)16(28-12(6)22)14(24)18(17)30-20(26)10(4)8-2/h7-8,13-18,23-24H,1-6H3. The Kier molecular flexibility index (Phi) is 9.19. The fourth-order valence-corrected chi connectivity index (χ4v) is 2.75. The Hall–Kier alpha value is -2.72. The van der Waals surface area contributed by atoms with Crippen molar-refractivity contribution in [3.63, 3.8) is 0 Å². The lowest BCUT2D eigenvalue weighted by Crippen LogP contribution is -2.67. The minimum atomic E-state index is -1.76. The van der Waals surface area contributed by atoms with Crippen LogP contribution in [-0.2, 0) is 38.1 Å². The van der Waals surface area contributed by atoms with Crippen LogP contribution in [0.3, 0.4) is 0 Å². The van der Waals surface area contributed by atoms with Crippen molar-refractivity contribution >= 4 is 23.9 Å². The number of ether oxygens (including phenoxy) is 4. The van der Waals surface area contributed by atoms with Crippen molar-refractivity contribution < 1.29 is 48.3 Å². The smallest absolute Gasteiger partial charge is 0.333 e. The quantitative estimate of drug-likeness (QED) is 0.345. The SMILES string of the molecule is CC=C(C)C(=O)OC1C(O)C(OC(C)=O)C(OC(C)=O)C(O)C1OC(=O)C(C)=CC. The highest BCUT2D eigenvalue weighted by molar-refractivity contribution is 5.88. The lowest BCUT2D eigenvalue weighted by atomic mass is 9.84. The van der Waals surface area contributed by atoms with Crippen LogP contribution in [0.1, 0.15) is 41.5 Å². The molecule has 1 aliphatic carbocycles. The molecule has 2 N–H and O–H groups in total. The van der Waals surface area contributed by atoms with Gasteiger partial charge in [-0.25, -0.2) is 9.59 Å². The minimum Gasteiger partial charge on any atom is -0.456 e. The van der Waals surface area contributed by atoms with Gasteiger partial charge in [0.25, 0.3) is 0 Å². The third-order valence-electron chi connectivity index (χ3n) is 4.59. The van der Waals surface area contributed by atoms with Gasteiger partial charge in [-0.1, -0.05) is 12.2 Å². The summed E-state index contributed by atoms with van der Waals surface area (Å²) in [5.74, 6) is -3.35. The Morgan fingerprint density at radius 2 is 0.867 bits per heavy atom. The zero-order valence-corrected chi connectivity index (χ0v) is 17.8. The van der Waals surface area contributed by atoms with E-state index in [9.17, 15) is 29.4 Å². The van der Waals surface area contributed by atoms with Gasteiger partial charge in [0.05, 0.1) is 0 Å². The van der Waals surface area contributed by atoms with Gasteiger partial charge in [-0.15, -0.1) is 0 Å². The summed E-state index contributed by atoms with van der Waals surface area (Å²) in [5, 5.41) is 21.6. The number of aliphatic hydroxyl groups excluding tert-OH is 2. The summed E-state index contributed by atoms with van der Waals surface area (Å²) in [7, 11) is 0. The van der Waals surface area contributed by atoms with Gasteiger partial charge in [0.1, 0.15) is 12.2 Å². The summed E-state index contributed by atoms with van der Waals surface area (Å²) in [6, 6.07) is 0. The molecule has 1 fully saturated rings. The fourth-order valence-electron chi connectivity index (χ4n) is 2.75. The van der Waals surface area contributed by atoms with Crippen LogP contribution in [-0.4, -0.2) is 70.7 Å². The van der Waals surface area contributed by atoms with Gasteiger partial charge in [0.2, 0.25) is 0 Å². The molecule has 30 heavy (non-hydrogen) atoms. The lowest BCUT2D eigenvalue weighted by molar-refractivity contribution is -0.250.